The molecule has 0 fully saturated rings. The molecule has 0 radical (unpaired) electrons. The number of H-pyrrole nitrogens is 1. The van der Waals surface area contributed by atoms with Gasteiger partial charge in [-0.3, -0.25) is 0 Å². The second-order valence-electron chi connectivity index (χ2n) is 4.05. The molecule has 3 N–H and O–H groups in total. The fraction of sp³-hybridized carbons (Fsp3) is 0.385. The molecule has 2 rings (SSSR count). The second kappa shape index (κ2) is 5.14. The summed E-state index contributed by atoms with van der Waals surface area (Å²) in [5, 5.41) is 13.9. The average Bonchev–Trinajstić information content (AvgIpc) is 2.73. The van der Waals surface area contributed by atoms with E-state index in [0.717, 1.165) is 18.5 Å². The van der Waals surface area contributed by atoms with Gasteiger partial charge in [0.15, 0.2) is 0 Å². The molecule has 1 unspecified atom stereocenters. The van der Waals surface area contributed by atoms with Crippen molar-refractivity contribution in [3.8, 4) is 0 Å². The molecule has 1 atom stereocenters. The zero-order valence-electron chi connectivity index (χ0n) is 9.53. The zero-order valence-corrected chi connectivity index (χ0v) is 9.53. The lowest BCUT2D eigenvalue weighted by molar-refractivity contribution is 0.167. The Morgan fingerprint density at radius 1 is 1.38 bits per heavy atom. The van der Waals surface area contributed by atoms with E-state index in [4.69, 9.17) is 0 Å². The van der Waals surface area contributed by atoms with Gasteiger partial charge in [-0.15, -0.1) is 0 Å². The van der Waals surface area contributed by atoms with E-state index in [1.807, 2.05) is 25.3 Å². The van der Waals surface area contributed by atoms with Gasteiger partial charge < -0.3 is 15.4 Å². The first kappa shape index (κ1) is 11.2. The molecular formula is C13H18N2O. The van der Waals surface area contributed by atoms with E-state index in [1.165, 1.54) is 10.9 Å². The number of aliphatic hydroxyl groups is 1. The first-order valence-corrected chi connectivity index (χ1v) is 5.75. The van der Waals surface area contributed by atoms with Crippen molar-refractivity contribution in [3.63, 3.8) is 0 Å². The van der Waals surface area contributed by atoms with Crippen molar-refractivity contribution < 1.29 is 5.11 Å². The van der Waals surface area contributed by atoms with Gasteiger partial charge in [0.1, 0.15) is 0 Å². The van der Waals surface area contributed by atoms with E-state index < -0.39 is 0 Å². The lowest BCUT2D eigenvalue weighted by atomic mass is 10.2. The van der Waals surface area contributed by atoms with E-state index in [9.17, 15) is 5.11 Å². The molecule has 86 valence electrons. The summed E-state index contributed by atoms with van der Waals surface area (Å²) in [6.07, 6.45) is 2.57. The minimum absolute atomic E-state index is 0.245. The number of fused-ring (bicyclic) bond motifs is 1. The van der Waals surface area contributed by atoms with E-state index in [0.29, 0.717) is 6.54 Å². The molecule has 0 aliphatic heterocycles. The summed E-state index contributed by atoms with van der Waals surface area (Å²) in [6, 6.07) is 8.25. The summed E-state index contributed by atoms with van der Waals surface area (Å²) < 4.78 is 0. The molecule has 0 aliphatic rings. The molecule has 1 heterocycles. The van der Waals surface area contributed by atoms with Crippen LogP contribution < -0.4 is 5.32 Å². The van der Waals surface area contributed by atoms with Crippen LogP contribution in [-0.4, -0.2) is 22.7 Å². The number of hydrogen-bond donors (Lipinski definition) is 3. The minimum atomic E-state index is -0.245. The first-order valence-electron chi connectivity index (χ1n) is 5.75. The topological polar surface area (TPSA) is 48.0 Å². The van der Waals surface area contributed by atoms with Gasteiger partial charge in [-0.1, -0.05) is 25.1 Å². The maximum Gasteiger partial charge on any atom is 0.0662 e. The largest absolute Gasteiger partial charge is 0.392 e. The van der Waals surface area contributed by atoms with Crippen molar-refractivity contribution in [1.29, 1.82) is 0 Å². The Hall–Kier alpha value is -1.32. The van der Waals surface area contributed by atoms with Crippen LogP contribution in [0.5, 0.6) is 0 Å². The molecule has 0 saturated carbocycles. The zero-order chi connectivity index (χ0) is 11.4. The Bertz CT molecular complexity index is 450. The molecular weight excluding hydrogens is 200 g/mol. The summed E-state index contributed by atoms with van der Waals surface area (Å²) in [4.78, 5) is 3.24. The Morgan fingerprint density at radius 3 is 3.00 bits per heavy atom. The minimum Gasteiger partial charge on any atom is -0.392 e. The summed E-state index contributed by atoms with van der Waals surface area (Å²) in [5.41, 5.74) is 2.41. The monoisotopic (exact) mass is 218 g/mol. The Balaban J connectivity index is 1.99. The fourth-order valence-corrected chi connectivity index (χ4v) is 1.80. The standard InChI is InChI=1S/C13H18N2O/c1-2-11(16)9-14-7-10-8-15-13-6-4-3-5-12(10)13/h3-6,8,11,14-16H,2,7,9H2,1H3. The van der Waals surface area contributed by atoms with Crippen molar-refractivity contribution in [2.75, 3.05) is 6.54 Å². The molecule has 0 amide bonds. The summed E-state index contributed by atoms with van der Waals surface area (Å²) >= 11 is 0. The van der Waals surface area contributed by atoms with E-state index in [-0.39, 0.29) is 6.10 Å². The fourth-order valence-electron chi connectivity index (χ4n) is 1.80. The van der Waals surface area contributed by atoms with Crippen LogP contribution in [-0.2, 0) is 6.54 Å². The molecule has 1 aromatic carbocycles. The molecule has 0 spiro atoms. The Labute approximate surface area is 95.5 Å². The average molecular weight is 218 g/mol. The highest BCUT2D eigenvalue weighted by Crippen LogP contribution is 2.17. The van der Waals surface area contributed by atoms with Crippen LogP contribution in [0.25, 0.3) is 10.9 Å². The quantitative estimate of drug-likeness (QED) is 0.719. The highest BCUT2D eigenvalue weighted by molar-refractivity contribution is 5.82. The predicted octanol–water partition coefficient (Wildman–Crippen LogP) is 2.03. The van der Waals surface area contributed by atoms with Crippen LogP contribution in [0.1, 0.15) is 18.9 Å². The Kier molecular flexibility index (Phi) is 3.59. The predicted molar refractivity (Wildman–Crippen MR) is 66.3 cm³/mol. The molecule has 3 nitrogen and oxygen atoms in total. The van der Waals surface area contributed by atoms with Crippen molar-refractivity contribution >= 4 is 10.9 Å². The van der Waals surface area contributed by atoms with Gasteiger partial charge in [-0.05, 0) is 18.1 Å². The van der Waals surface area contributed by atoms with Gasteiger partial charge in [-0.25, -0.2) is 0 Å². The maximum absolute atomic E-state index is 9.43. The highest BCUT2D eigenvalue weighted by Gasteiger charge is 2.03. The molecule has 0 aliphatic carbocycles. The SMILES string of the molecule is CCC(O)CNCc1c[nH]c2ccccc12. The molecule has 0 saturated heterocycles. The third kappa shape index (κ3) is 2.43. The van der Waals surface area contributed by atoms with Gasteiger partial charge >= 0.3 is 0 Å². The number of nitrogens with one attached hydrogen (secondary N) is 2. The van der Waals surface area contributed by atoms with E-state index in [1.54, 1.807) is 0 Å². The van der Waals surface area contributed by atoms with Gasteiger partial charge in [-0.2, -0.15) is 0 Å². The van der Waals surface area contributed by atoms with E-state index in [2.05, 4.69) is 22.4 Å². The molecule has 16 heavy (non-hydrogen) atoms. The summed E-state index contributed by atoms with van der Waals surface area (Å²) in [5.74, 6) is 0. The molecule has 2 aromatic rings. The summed E-state index contributed by atoms with van der Waals surface area (Å²) in [6.45, 7) is 3.43. The smallest absolute Gasteiger partial charge is 0.0662 e. The number of aromatic amines is 1. The van der Waals surface area contributed by atoms with Gasteiger partial charge in [0.05, 0.1) is 6.10 Å². The highest BCUT2D eigenvalue weighted by atomic mass is 16.3. The van der Waals surface area contributed by atoms with Gasteiger partial charge in [0.25, 0.3) is 0 Å². The van der Waals surface area contributed by atoms with Crippen molar-refractivity contribution in [2.45, 2.75) is 26.0 Å². The van der Waals surface area contributed by atoms with Gasteiger partial charge in [0, 0.05) is 30.2 Å². The van der Waals surface area contributed by atoms with Crippen LogP contribution >= 0.6 is 0 Å². The molecule has 0 bridgehead atoms. The Morgan fingerprint density at radius 2 is 2.19 bits per heavy atom. The summed E-state index contributed by atoms with van der Waals surface area (Å²) in [7, 11) is 0. The van der Waals surface area contributed by atoms with Crippen LogP contribution in [0.4, 0.5) is 0 Å². The lowest BCUT2D eigenvalue weighted by Crippen LogP contribution is -2.25. The number of aliphatic hydroxyl groups excluding tert-OH is 1. The third-order valence-corrected chi connectivity index (χ3v) is 2.84. The number of benzene rings is 1. The van der Waals surface area contributed by atoms with Crippen LogP contribution in [0.3, 0.4) is 0 Å². The molecule has 1 aromatic heterocycles. The first-order chi connectivity index (χ1) is 7.81. The van der Waals surface area contributed by atoms with Crippen LogP contribution in [0.2, 0.25) is 0 Å². The number of rotatable bonds is 5. The maximum atomic E-state index is 9.43. The van der Waals surface area contributed by atoms with Crippen molar-refractivity contribution in [3.05, 3.63) is 36.0 Å². The number of hydrogen-bond acceptors (Lipinski definition) is 2. The lowest BCUT2D eigenvalue weighted by Gasteiger charge is -2.08. The van der Waals surface area contributed by atoms with E-state index >= 15 is 0 Å². The number of para-hydroxylation sites is 1. The van der Waals surface area contributed by atoms with Crippen molar-refractivity contribution in [1.82, 2.24) is 10.3 Å². The van der Waals surface area contributed by atoms with Crippen molar-refractivity contribution in [2.24, 2.45) is 0 Å². The van der Waals surface area contributed by atoms with Gasteiger partial charge in [0.2, 0.25) is 0 Å². The number of aromatic nitrogens is 1. The second-order valence-corrected chi connectivity index (χ2v) is 4.05. The molecule has 3 heteroatoms. The van der Waals surface area contributed by atoms with Crippen LogP contribution in [0.15, 0.2) is 30.5 Å². The normalized spacial score (nSPS) is 13.1. The van der Waals surface area contributed by atoms with Crippen LogP contribution in [0, 0.1) is 0 Å². The third-order valence-electron chi connectivity index (χ3n) is 2.84.